The molecule has 1 spiro atoms. The van der Waals surface area contributed by atoms with E-state index in [0.29, 0.717) is 11.1 Å². The summed E-state index contributed by atoms with van der Waals surface area (Å²) in [5, 5.41) is 26.3. The first kappa shape index (κ1) is 37.4. The van der Waals surface area contributed by atoms with Crippen molar-refractivity contribution in [3.8, 4) is 52.1 Å². The Bertz CT molecular complexity index is 4350. The van der Waals surface area contributed by atoms with Crippen LogP contribution in [-0.4, -0.2) is 28.7 Å². The number of hydrogen-bond donors (Lipinski definition) is 0. The Kier molecular flexibility index (Phi) is 7.38. The number of benzene rings is 7. The summed E-state index contributed by atoms with van der Waals surface area (Å²) in [6.07, 6.45) is 7.51. The molecule has 2 aliphatic rings. The van der Waals surface area contributed by atoms with E-state index in [9.17, 15) is 10.5 Å². The molecular formula is C60H32N8O. The molecule has 0 bridgehead atoms. The zero-order valence-corrected chi connectivity index (χ0v) is 36.5. The number of ether oxygens (including phenoxy) is 1. The quantitative estimate of drug-likeness (QED) is 0.175. The number of fused-ring (bicyclic) bond motifs is 18. The minimum absolute atomic E-state index is 0.553. The minimum atomic E-state index is -0.890. The molecule has 7 aromatic carbocycles. The van der Waals surface area contributed by atoms with Gasteiger partial charge in [0.15, 0.2) is 0 Å². The fourth-order valence-electron chi connectivity index (χ4n) is 11.8. The minimum Gasteiger partial charge on any atom is -0.457 e. The first-order valence-corrected chi connectivity index (χ1v) is 22.8. The first-order chi connectivity index (χ1) is 34.1. The average molecular weight is 881 g/mol. The van der Waals surface area contributed by atoms with Crippen molar-refractivity contribution in [2.75, 3.05) is 0 Å². The molecule has 1 aliphatic heterocycles. The van der Waals surface area contributed by atoms with Gasteiger partial charge in [0.2, 0.25) is 0 Å². The van der Waals surface area contributed by atoms with Crippen LogP contribution in [0.1, 0.15) is 33.4 Å². The third-order valence-electron chi connectivity index (χ3n) is 14.5. The van der Waals surface area contributed by atoms with Crippen LogP contribution in [0.4, 0.5) is 0 Å². The Morgan fingerprint density at radius 3 is 1.43 bits per heavy atom. The molecule has 0 N–H and O–H groups in total. The van der Waals surface area contributed by atoms with Crippen LogP contribution in [-0.2, 0) is 5.41 Å². The maximum Gasteiger partial charge on any atom is 0.132 e. The highest BCUT2D eigenvalue weighted by Gasteiger charge is 2.52. The van der Waals surface area contributed by atoms with E-state index < -0.39 is 5.41 Å². The van der Waals surface area contributed by atoms with Gasteiger partial charge < -0.3 is 18.4 Å². The lowest BCUT2D eigenvalue weighted by Crippen LogP contribution is -2.32. The number of pyridine rings is 3. The maximum absolute atomic E-state index is 9.94. The molecule has 0 radical (unpaired) electrons. The number of aromatic nitrogens is 6. The second-order valence-corrected chi connectivity index (χ2v) is 17.8. The molecule has 1 aliphatic carbocycles. The van der Waals surface area contributed by atoms with Crippen molar-refractivity contribution in [1.82, 2.24) is 28.7 Å². The van der Waals surface area contributed by atoms with Gasteiger partial charge in [-0.15, -0.1) is 0 Å². The van der Waals surface area contributed by atoms with Crippen molar-refractivity contribution in [3.05, 3.63) is 228 Å². The molecule has 0 saturated carbocycles. The summed E-state index contributed by atoms with van der Waals surface area (Å²) in [7, 11) is 0. The summed E-state index contributed by atoms with van der Waals surface area (Å²) in [5.74, 6) is 1.48. The van der Waals surface area contributed by atoms with Gasteiger partial charge in [0, 0.05) is 79.1 Å². The molecule has 9 heteroatoms. The van der Waals surface area contributed by atoms with Crippen LogP contribution in [0.2, 0.25) is 0 Å². The van der Waals surface area contributed by atoms with E-state index in [1.807, 2.05) is 73.3 Å². The van der Waals surface area contributed by atoms with E-state index in [0.717, 1.165) is 117 Å². The van der Waals surface area contributed by atoms with E-state index in [1.165, 1.54) is 10.8 Å². The van der Waals surface area contributed by atoms with Crippen molar-refractivity contribution in [2.24, 2.45) is 0 Å². The number of para-hydroxylation sites is 2. The standard InChI is InChI=1S/C60H32N8O/c61-32-35-13-18-52-43(27-35)44-28-36(33-62)14-19-53(44)67(52)39-17-22-57-49(31-39)60(46-9-5-24-64-58(46)59-47(60)10-6-25-65-59)48-30-38(16-21-56(48)69-57)66-51-12-4-2-8-41(51)45-29-37(15-20-54(45)66)68-50-11-3-1-7-40(50)42-23-26-63-34-55(42)68/h1-31,34H. The number of nitrogens with zero attached hydrogens (tertiary/aromatic N) is 8. The summed E-state index contributed by atoms with van der Waals surface area (Å²) in [4.78, 5) is 14.6. The van der Waals surface area contributed by atoms with E-state index in [2.05, 4.69) is 152 Å². The molecule has 0 saturated heterocycles. The molecule has 318 valence electrons. The number of hydrogen-bond acceptors (Lipinski definition) is 6. The van der Waals surface area contributed by atoms with Crippen molar-refractivity contribution >= 4 is 65.4 Å². The highest BCUT2D eigenvalue weighted by Crippen LogP contribution is 2.62. The zero-order chi connectivity index (χ0) is 45.5. The number of nitriles is 2. The second-order valence-electron chi connectivity index (χ2n) is 17.8. The molecule has 69 heavy (non-hydrogen) atoms. The Labute approximate surface area is 393 Å². The zero-order valence-electron chi connectivity index (χ0n) is 36.5. The van der Waals surface area contributed by atoms with Crippen LogP contribution >= 0.6 is 0 Å². The first-order valence-electron chi connectivity index (χ1n) is 22.8. The van der Waals surface area contributed by atoms with Crippen LogP contribution < -0.4 is 4.74 Å². The van der Waals surface area contributed by atoms with Gasteiger partial charge in [-0.2, -0.15) is 10.5 Å². The molecule has 15 rings (SSSR count). The van der Waals surface area contributed by atoms with E-state index >= 15 is 0 Å². The van der Waals surface area contributed by atoms with Crippen molar-refractivity contribution in [1.29, 1.82) is 10.5 Å². The topological polar surface area (TPSA) is 110 Å². The fraction of sp³-hybridized carbons (Fsp3) is 0.0167. The Hall–Kier alpha value is -9.83. The van der Waals surface area contributed by atoms with Crippen molar-refractivity contribution in [3.63, 3.8) is 0 Å². The van der Waals surface area contributed by atoms with Crippen LogP contribution in [0.25, 0.3) is 93.9 Å². The lowest BCUT2D eigenvalue weighted by Gasteiger charge is -2.39. The fourth-order valence-corrected chi connectivity index (χ4v) is 11.8. The van der Waals surface area contributed by atoms with E-state index in [1.54, 1.807) is 0 Å². The molecule has 0 amide bonds. The Balaban J connectivity index is 0.987. The van der Waals surface area contributed by atoms with Crippen LogP contribution in [0.5, 0.6) is 11.5 Å². The molecule has 0 fully saturated rings. The summed E-state index contributed by atoms with van der Waals surface area (Å²) < 4.78 is 13.9. The smallest absolute Gasteiger partial charge is 0.132 e. The summed E-state index contributed by atoms with van der Waals surface area (Å²) in [6, 6.07) is 63.5. The number of rotatable bonds is 3. The largest absolute Gasteiger partial charge is 0.457 e. The highest BCUT2D eigenvalue weighted by molar-refractivity contribution is 6.13. The lowest BCUT2D eigenvalue weighted by molar-refractivity contribution is 0.436. The van der Waals surface area contributed by atoms with Crippen LogP contribution in [0, 0.1) is 22.7 Å². The third-order valence-corrected chi connectivity index (χ3v) is 14.5. The average Bonchev–Trinajstić information content (AvgIpc) is 4.12. The van der Waals surface area contributed by atoms with Gasteiger partial charge in [-0.25, -0.2) is 0 Å². The van der Waals surface area contributed by atoms with E-state index in [4.69, 9.17) is 14.7 Å². The van der Waals surface area contributed by atoms with Gasteiger partial charge in [0.25, 0.3) is 0 Å². The summed E-state index contributed by atoms with van der Waals surface area (Å²) in [5.41, 5.74) is 15.0. The second kappa shape index (κ2) is 13.6. The predicted molar refractivity (Wildman–Crippen MR) is 270 cm³/mol. The Morgan fingerprint density at radius 2 is 0.855 bits per heavy atom. The predicted octanol–water partition coefficient (Wildman–Crippen LogP) is 13.4. The maximum atomic E-state index is 9.94. The van der Waals surface area contributed by atoms with Crippen molar-refractivity contribution < 1.29 is 4.74 Å². The Morgan fingerprint density at radius 1 is 0.391 bits per heavy atom. The monoisotopic (exact) mass is 880 g/mol. The highest BCUT2D eigenvalue weighted by atomic mass is 16.5. The van der Waals surface area contributed by atoms with Gasteiger partial charge in [0.05, 0.1) is 79.4 Å². The molecule has 0 atom stereocenters. The molecule has 0 unspecified atom stereocenters. The molecule has 13 aromatic rings. The molecule has 9 nitrogen and oxygen atoms in total. The van der Waals surface area contributed by atoms with Crippen molar-refractivity contribution in [2.45, 2.75) is 5.41 Å². The van der Waals surface area contributed by atoms with Gasteiger partial charge in [-0.1, -0.05) is 48.5 Å². The van der Waals surface area contributed by atoms with Gasteiger partial charge in [-0.05, 0) is 132 Å². The van der Waals surface area contributed by atoms with Crippen LogP contribution in [0.15, 0.2) is 195 Å². The third kappa shape index (κ3) is 4.87. The van der Waals surface area contributed by atoms with E-state index in [-0.39, 0.29) is 0 Å². The molecule has 7 heterocycles. The van der Waals surface area contributed by atoms with Crippen LogP contribution in [0.3, 0.4) is 0 Å². The summed E-state index contributed by atoms with van der Waals surface area (Å²) >= 11 is 0. The molecule has 6 aromatic heterocycles. The SMILES string of the molecule is N#Cc1ccc2c(c1)c1cc(C#N)ccc1n2-c1ccc2c(c1)C1(c3cc(-n4c5ccccc5c5cc(-n6c7ccccc7c7ccncc76)ccc54)ccc3O2)c2cccnc2-c2ncccc21. The van der Waals surface area contributed by atoms with Gasteiger partial charge >= 0.3 is 0 Å². The van der Waals surface area contributed by atoms with Gasteiger partial charge in [0.1, 0.15) is 11.5 Å². The van der Waals surface area contributed by atoms with Gasteiger partial charge in [-0.3, -0.25) is 15.0 Å². The lowest BCUT2D eigenvalue weighted by atomic mass is 9.66. The molecular weight excluding hydrogens is 849 g/mol. The normalized spacial score (nSPS) is 13.1. The summed E-state index contributed by atoms with van der Waals surface area (Å²) in [6.45, 7) is 0.